The van der Waals surface area contributed by atoms with Crippen LogP contribution in [0.1, 0.15) is 17.3 Å². The first kappa shape index (κ1) is 19.1. The lowest BCUT2D eigenvalue weighted by Gasteiger charge is -2.23. The van der Waals surface area contributed by atoms with E-state index >= 15 is 0 Å². The molecular weight excluding hydrogens is 373 g/mol. The normalized spacial score (nSPS) is 10.4. The van der Waals surface area contributed by atoms with E-state index in [-0.39, 0.29) is 29.6 Å². The SMILES string of the molecule is CC(=O)N(CCNC(=O)c1ccc(F)c(F)c1)c1cccc(Cl)c1Cl. The quantitative estimate of drug-likeness (QED) is 0.842. The highest BCUT2D eigenvalue weighted by Gasteiger charge is 2.17. The first-order valence-electron chi connectivity index (χ1n) is 7.26. The summed E-state index contributed by atoms with van der Waals surface area (Å²) in [7, 11) is 0. The summed E-state index contributed by atoms with van der Waals surface area (Å²) < 4.78 is 26.1. The highest BCUT2D eigenvalue weighted by Crippen LogP contribution is 2.32. The van der Waals surface area contributed by atoms with Crippen molar-refractivity contribution in [2.75, 3.05) is 18.0 Å². The Bertz CT molecular complexity index is 815. The van der Waals surface area contributed by atoms with Gasteiger partial charge in [0.15, 0.2) is 11.6 Å². The van der Waals surface area contributed by atoms with E-state index in [1.807, 2.05) is 0 Å². The zero-order chi connectivity index (χ0) is 18.6. The van der Waals surface area contributed by atoms with E-state index in [0.717, 1.165) is 12.1 Å². The van der Waals surface area contributed by atoms with Gasteiger partial charge in [-0.25, -0.2) is 8.78 Å². The third-order valence-corrected chi connectivity index (χ3v) is 4.21. The summed E-state index contributed by atoms with van der Waals surface area (Å²) in [6, 6.07) is 7.73. The van der Waals surface area contributed by atoms with Crippen molar-refractivity contribution < 1.29 is 18.4 Å². The van der Waals surface area contributed by atoms with Crippen LogP contribution in [0.2, 0.25) is 10.0 Å². The number of hydrogen-bond donors (Lipinski definition) is 1. The van der Waals surface area contributed by atoms with Gasteiger partial charge in [0.25, 0.3) is 5.91 Å². The number of amides is 2. The summed E-state index contributed by atoms with van der Waals surface area (Å²) >= 11 is 12.1. The van der Waals surface area contributed by atoms with E-state index < -0.39 is 17.5 Å². The average Bonchev–Trinajstić information content (AvgIpc) is 2.56. The maximum Gasteiger partial charge on any atom is 0.251 e. The molecule has 0 fully saturated rings. The van der Waals surface area contributed by atoms with Crippen LogP contribution in [0.5, 0.6) is 0 Å². The van der Waals surface area contributed by atoms with Gasteiger partial charge in [0, 0.05) is 25.6 Å². The standard InChI is InChI=1S/C17H14Cl2F2N2O2/c1-10(24)23(15-4-2-3-12(18)16(15)19)8-7-22-17(25)11-5-6-13(20)14(21)9-11/h2-6,9H,7-8H2,1H3,(H,22,25). The monoisotopic (exact) mass is 386 g/mol. The third kappa shape index (κ3) is 4.67. The Morgan fingerprint density at radius 1 is 1.12 bits per heavy atom. The molecule has 0 atom stereocenters. The molecule has 132 valence electrons. The van der Waals surface area contributed by atoms with Crippen LogP contribution in [0.25, 0.3) is 0 Å². The molecule has 0 aliphatic rings. The summed E-state index contributed by atoms with van der Waals surface area (Å²) in [6.07, 6.45) is 0. The number of hydrogen-bond acceptors (Lipinski definition) is 2. The van der Waals surface area contributed by atoms with Gasteiger partial charge in [-0.1, -0.05) is 29.3 Å². The Morgan fingerprint density at radius 3 is 2.48 bits per heavy atom. The molecule has 2 rings (SSSR count). The van der Waals surface area contributed by atoms with Gasteiger partial charge in [0.05, 0.1) is 15.7 Å². The van der Waals surface area contributed by atoms with Gasteiger partial charge in [-0.2, -0.15) is 0 Å². The van der Waals surface area contributed by atoms with E-state index in [4.69, 9.17) is 23.2 Å². The van der Waals surface area contributed by atoms with E-state index in [1.165, 1.54) is 17.9 Å². The van der Waals surface area contributed by atoms with Gasteiger partial charge >= 0.3 is 0 Å². The van der Waals surface area contributed by atoms with Crippen molar-refractivity contribution in [3.63, 3.8) is 0 Å². The number of carbonyl (C=O) groups excluding carboxylic acids is 2. The molecule has 0 unspecified atom stereocenters. The molecule has 2 aromatic rings. The van der Waals surface area contributed by atoms with Gasteiger partial charge in [0.1, 0.15) is 0 Å². The van der Waals surface area contributed by atoms with Gasteiger partial charge in [-0.05, 0) is 30.3 Å². The van der Waals surface area contributed by atoms with Crippen LogP contribution in [0.15, 0.2) is 36.4 Å². The highest BCUT2D eigenvalue weighted by molar-refractivity contribution is 6.44. The fourth-order valence-electron chi connectivity index (χ4n) is 2.17. The van der Waals surface area contributed by atoms with Crippen LogP contribution in [0.4, 0.5) is 14.5 Å². The van der Waals surface area contributed by atoms with Crippen LogP contribution in [-0.4, -0.2) is 24.9 Å². The number of halogens is 4. The molecule has 0 aromatic heterocycles. The molecule has 0 saturated carbocycles. The fraction of sp³-hybridized carbons (Fsp3) is 0.176. The predicted octanol–water partition coefficient (Wildman–Crippen LogP) is 4.05. The van der Waals surface area contributed by atoms with Gasteiger partial charge in [-0.3, -0.25) is 9.59 Å². The summed E-state index contributed by atoms with van der Waals surface area (Å²) in [5.41, 5.74) is 0.401. The maximum atomic E-state index is 13.2. The van der Waals surface area contributed by atoms with Crippen molar-refractivity contribution in [1.29, 1.82) is 0 Å². The molecule has 0 spiro atoms. The first-order valence-corrected chi connectivity index (χ1v) is 8.02. The maximum absolute atomic E-state index is 13.2. The van der Waals surface area contributed by atoms with Gasteiger partial charge < -0.3 is 10.2 Å². The van der Waals surface area contributed by atoms with Crippen LogP contribution < -0.4 is 10.2 Å². The average molecular weight is 387 g/mol. The second kappa shape index (κ2) is 8.27. The summed E-state index contributed by atoms with van der Waals surface area (Å²) in [6.45, 7) is 1.57. The summed E-state index contributed by atoms with van der Waals surface area (Å²) in [4.78, 5) is 25.2. The molecule has 0 radical (unpaired) electrons. The molecular formula is C17H14Cl2F2N2O2. The molecule has 0 aliphatic heterocycles. The first-order chi connectivity index (χ1) is 11.8. The molecule has 0 bridgehead atoms. The Hall–Kier alpha value is -2.18. The lowest BCUT2D eigenvalue weighted by Crippen LogP contribution is -2.37. The van der Waals surface area contributed by atoms with E-state index in [0.29, 0.717) is 10.7 Å². The smallest absolute Gasteiger partial charge is 0.251 e. The van der Waals surface area contributed by atoms with Crippen molar-refractivity contribution in [3.05, 3.63) is 63.6 Å². The second-order valence-corrected chi connectivity index (χ2v) is 5.91. The van der Waals surface area contributed by atoms with Crippen LogP contribution in [0.3, 0.4) is 0 Å². The fourth-order valence-corrected chi connectivity index (χ4v) is 2.57. The number of nitrogens with one attached hydrogen (secondary N) is 1. The van der Waals surface area contributed by atoms with Crippen LogP contribution >= 0.6 is 23.2 Å². The Balaban J connectivity index is 2.04. The van der Waals surface area contributed by atoms with Crippen molar-refractivity contribution in [3.8, 4) is 0 Å². The number of nitrogens with zero attached hydrogens (tertiary/aromatic N) is 1. The van der Waals surface area contributed by atoms with E-state index in [2.05, 4.69) is 5.32 Å². The summed E-state index contributed by atoms with van der Waals surface area (Å²) in [5, 5.41) is 3.07. The molecule has 25 heavy (non-hydrogen) atoms. The molecule has 0 aliphatic carbocycles. The van der Waals surface area contributed by atoms with Crippen LogP contribution in [-0.2, 0) is 4.79 Å². The van der Waals surface area contributed by atoms with Crippen molar-refractivity contribution >= 4 is 40.7 Å². The van der Waals surface area contributed by atoms with Crippen molar-refractivity contribution in [2.45, 2.75) is 6.92 Å². The second-order valence-electron chi connectivity index (χ2n) is 5.13. The largest absolute Gasteiger partial charge is 0.350 e. The lowest BCUT2D eigenvalue weighted by atomic mass is 10.2. The molecule has 2 amide bonds. The molecule has 8 heteroatoms. The summed E-state index contributed by atoms with van der Waals surface area (Å²) in [5.74, 6) is -3.01. The zero-order valence-corrected chi connectivity index (χ0v) is 14.7. The van der Waals surface area contributed by atoms with Crippen LogP contribution in [0, 0.1) is 11.6 Å². The topological polar surface area (TPSA) is 49.4 Å². The van der Waals surface area contributed by atoms with Crippen molar-refractivity contribution in [1.82, 2.24) is 5.32 Å². The number of anilines is 1. The van der Waals surface area contributed by atoms with Gasteiger partial charge in [0.2, 0.25) is 5.91 Å². The van der Waals surface area contributed by atoms with Crippen molar-refractivity contribution in [2.24, 2.45) is 0 Å². The predicted molar refractivity (Wildman–Crippen MR) is 93.2 cm³/mol. The molecule has 0 saturated heterocycles. The van der Waals surface area contributed by atoms with Gasteiger partial charge in [-0.15, -0.1) is 0 Å². The highest BCUT2D eigenvalue weighted by atomic mass is 35.5. The lowest BCUT2D eigenvalue weighted by molar-refractivity contribution is -0.116. The number of carbonyl (C=O) groups is 2. The minimum Gasteiger partial charge on any atom is -0.350 e. The van der Waals surface area contributed by atoms with E-state index in [9.17, 15) is 18.4 Å². The Kier molecular flexibility index (Phi) is 6.33. The Labute approximate surface area is 153 Å². The minimum atomic E-state index is -1.11. The molecule has 4 nitrogen and oxygen atoms in total. The zero-order valence-electron chi connectivity index (χ0n) is 13.2. The minimum absolute atomic E-state index is 0.0194. The molecule has 2 aromatic carbocycles. The van der Waals surface area contributed by atoms with E-state index in [1.54, 1.807) is 18.2 Å². The molecule has 1 N–H and O–H groups in total. The number of benzene rings is 2. The number of rotatable bonds is 5. The Morgan fingerprint density at radius 2 is 1.84 bits per heavy atom. The molecule has 0 heterocycles. The third-order valence-electron chi connectivity index (χ3n) is 3.40.